The fourth-order valence-corrected chi connectivity index (χ4v) is 4.45. The van der Waals surface area contributed by atoms with Crippen LogP contribution in [-0.4, -0.2) is 146 Å². The molecule has 3 fully saturated rings. The maximum absolute atomic E-state index is 10.8. The molecule has 14 nitrogen and oxygen atoms in total. The molecule has 3 rings (SSSR count). The Kier molecular flexibility index (Phi) is 13.2. The minimum absolute atomic E-state index is 0. The average molecular weight is 714 g/mol. The smallest absolute Gasteiger partial charge is 0.187 e. The van der Waals surface area contributed by atoms with Gasteiger partial charge in [-0.1, -0.05) is 6.92 Å². The first kappa shape index (κ1) is 33.3. The van der Waals surface area contributed by atoms with E-state index in [4.69, 9.17) is 28.4 Å². The summed E-state index contributed by atoms with van der Waals surface area (Å²) in [5.74, 6) is 0. The van der Waals surface area contributed by atoms with Crippen molar-refractivity contribution in [3.05, 3.63) is 6.42 Å². The van der Waals surface area contributed by atoms with Crippen molar-refractivity contribution in [1.82, 2.24) is 0 Å². The molecule has 0 aromatic rings. The van der Waals surface area contributed by atoms with Gasteiger partial charge in [0, 0.05) is 26.7 Å². The summed E-state index contributed by atoms with van der Waals surface area (Å²) in [5, 5.41) is 82.1. The summed E-state index contributed by atoms with van der Waals surface area (Å²) in [4.78, 5) is 0. The van der Waals surface area contributed by atoms with Gasteiger partial charge in [0.15, 0.2) is 12.6 Å². The summed E-state index contributed by atoms with van der Waals surface area (Å²) < 4.78 is 33.4. The van der Waals surface area contributed by atoms with Crippen molar-refractivity contribution < 1.29 is 89.7 Å². The van der Waals surface area contributed by atoms with Crippen LogP contribution in [0.15, 0.2) is 0 Å². The van der Waals surface area contributed by atoms with Gasteiger partial charge in [-0.2, -0.15) is 0 Å². The van der Waals surface area contributed by atoms with Gasteiger partial charge in [0.1, 0.15) is 48.8 Å². The van der Waals surface area contributed by atoms with Crippen molar-refractivity contribution in [1.29, 1.82) is 0 Å². The van der Waals surface area contributed by atoms with Gasteiger partial charge >= 0.3 is 0 Å². The molecule has 14 unspecified atom stereocenters. The Labute approximate surface area is 228 Å². The van der Waals surface area contributed by atoms with E-state index in [9.17, 15) is 40.9 Å². The summed E-state index contributed by atoms with van der Waals surface area (Å²) in [6.45, 7) is 3.82. The van der Waals surface area contributed by atoms with E-state index in [2.05, 4.69) is 0 Å². The van der Waals surface area contributed by atoms with Gasteiger partial charge in [-0.15, -0.1) is 0 Å². The van der Waals surface area contributed by atoms with E-state index in [1.807, 2.05) is 0 Å². The molecule has 37 heavy (non-hydrogen) atoms. The molecule has 219 valence electrons. The first-order chi connectivity index (χ1) is 17.0. The molecule has 3 heterocycles. The quantitative estimate of drug-likeness (QED) is 0.107. The van der Waals surface area contributed by atoms with Crippen molar-refractivity contribution in [3.63, 3.8) is 0 Å². The maximum Gasteiger partial charge on any atom is 0.187 e. The first-order valence-corrected chi connectivity index (χ1v) is 12.1. The predicted molar refractivity (Wildman–Crippen MR) is 117 cm³/mol. The Morgan fingerprint density at radius 1 is 0.703 bits per heavy atom. The predicted octanol–water partition coefficient (Wildman–Crippen LogP) is -3.88. The van der Waals surface area contributed by atoms with Gasteiger partial charge in [-0.25, -0.2) is 6.42 Å². The number of aliphatic hydroxyl groups is 8. The minimum atomic E-state index is -1.76. The number of rotatable bonds is 9. The Hall–Kier alpha value is 0.102. The van der Waals surface area contributed by atoms with Crippen LogP contribution in [0, 0.1) is 6.42 Å². The van der Waals surface area contributed by atoms with Crippen LogP contribution in [-0.2, 0) is 48.8 Å². The number of ether oxygens (including phenoxy) is 6. The van der Waals surface area contributed by atoms with Crippen molar-refractivity contribution in [2.45, 2.75) is 119 Å². The summed E-state index contributed by atoms with van der Waals surface area (Å²) in [7, 11) is 0. The Morgan fingerprint density at radius 2 is 1.22 bits per heavy atom. The van der Waals surface area contributed by atoms with Crippen LogP contribution in [0.2, 0.25) is 0 Å². The molecule has 0 bridgehead atoms. The maximum atomic E-state index is 10.8. The largest absolute Gasteiger partial charge is 0.422 e. The second-order valence-corrected chi connectivity index (χ2v) is 9.42. The van der Waals surface area contributed by atoms with Gasteiger partial charge in [-0.05, 0) is 26.4 Å². The molecule has 0 saturated carbocycles. The first-order valence-electron chi connectivity index (χ1n) is 12.1. The van der Waals surface area contributed by atoms with Gasteiger partial charge in [0.2, 0.25) is 0 Å². The van der Waals surface area contributed by atoms with Crippen molar-refractivity contribution in [3.8, 4) is 0 Å². The zero-order valence-electron chi connectivity index (χ0n) is 20.8. The molecule has 3 saturated heterocycles. The molecule has 8 N–H and O–H groups in total. The zero-order valence-corrected chi connectivity index (χ0v) is 23.5. The molecule has 3 aliphatic heterocycles. The van der Waals surface area contributed by atoms with E-state index in [1.54, 1.807) is 20.8 Å². The topological polar surface area (TPSA) is 217 Å². The van der Waals surface area contributed by atoms with Crippen molar-refractivity contribution in [2.24, 2.45) is 0 Å². The zero-order chi connectivity index (χ0) is 26.7. The fraction of sp³-hybridized carbons (Fsp3) is 0.955. The van der Waals surface area contributed by atoms with Gasteiger partial charge < -0.3 is 69.3 Å². The second kappa shape index (κ2) is 14.7. The van der Waals surface area contributed by atoms with Gasteiger partial charge in [0.25, 0.3) is 0 Å². The van der Waals surface area contributed by atoms with Crippen LogP contribution in [0.25, 0.3) is 0 Å². The molecule has 0 aromatic carbocycles. The molecule has 0 aliphatic carbocycles. The number of aliphatic hydroxyl groups excluding tert-OH is 8. The van der Waals surface area contributed by atoms with E-state index in [0.29, 0.717) is 6.42 Å². The summed E-state index contributed by atoms with van der Waals surface area (Å²) in [5.41, 5.74) is 0. The van der Waals surface area contributed by atoms with E-state index in [1.165, 1.54) is 6.42 Å². The van der Waals surface area contributed by atoms with Crippen LogP contribution < -0.4 is 0 Å². The SMILES string of the molecule is CCC1OC(OC2C(CO)OC(OC3C(CO)OC(OC(C)C)C(O)C3O)C(O)C2O)[CH-]C(O)C1O.[Re]. The van der Waals surface area contributed by atoms with E-state index in [0.717, 1.165) is 0 Å². The Morgan fingerprint density at radius 3 is 1.73 bits per heavy atom. The molecule has 1 radical (unpaired) electrons. The van der Waals surface area contributed by atoms with E-state index >= 15 is 0 Å². The standard InChI is InChI=1S/C22H39O14.Re/c1-4-10-14(26)9(25)5-13(32-10)35-19-11(6-23)34-22(18(30)15(19)27)36-20-12(7-24)33-21(31-8(2)3)17(29)16(20)28;/h5,8-30H,4,6-7H2,1-3H3;/q-1;. The van der Waals surface area contributed by atoms with Crippen LogP contribution in [0.1, 0.15) is 27.2 Å². The molecular weight excluding hydrogens is 674 g/mol. The van der Waals surface area contributed by atoms with Crippen molar-refractivity contribution >= 4 is 0 Å². The number of hydrogen-bond acceptors (Lipinski definition) is 14. The molecule has 0 amide bonds. The monoisotopic (exact) mass is 714 g/mol. The Balaban J connectivity index is 0.00000481. The second-order valence-electron chi connectivity index (χ2n) is 9.42. The van der Waals surface area contributed by atoms with Crippen molar-refractivity contribution in [2.75, 3.05) is 13.2 Å². The molecule has 14 atom stereocenters. The van der Waals surface area contributed by atoms with E-state index in [-0.39, 0.29) is 26.5 Å². The average Bonchev–Trinajstić information content (AvgIpc) is 2.84. The van der Waals surface area contributed by atoms with Gasteiger partial charge in [-0.3, -0.25) is 0 Å². The third-order valence-corrected chi connectivity index (χ3v) is 6.43. The minimum Gasteiger partial charge on any atom is -0.422 e. The van der Waals surface area contributed by atoms with Crippen LogP contribution in [0.5, 0.6) is 0 Å². The summed E-state index contributed by atoms with van der Waals surface area (Å²) in [6, 6.07) is 0. The summed E-state index contributed by atoms with van der Waals surface area (Å²) >= 11 is 0. The third-order valence-electron chi connectivity index (χ3n) is 6.43. The third kappa shape index (κ3) is 7.65. The normalized spacial score (nSPS) is 47.0. The van der Waals surface area contributed by atoms with Crippen LogP contribution in [0.3, 0.4) is 0 Å². The molecule has 15 heteroatoms. The fourth-order valence-electron chi connectivity index (χ4n) is 4.45. The Bertz CT molecular complexity index is 671. The molecular formula is C22H39O14Re-. The van der Waals surface area contributed by atoms with Gasteiger partial charge in [0.05, 0.1) is 31.5 Å². The molecule has 0 aromatic heterocycles. The molecule has 3 aliphatic rings. The molecule has 0 spiro atoms. The number of hydrogen-bond donors (Lipinski definition) is 8. The van der Waals surface area contributed by atoms with Crippen LogP contribution in [0.4, 0.5) is 0 Å². The van der Waals surface area contributed by atoms with Crippen LogP contribution >= 0.6 is 0 Å². The summed E-state index contributed by atoms with van der Waals surface area (Å²) in [6.07, 6.45) is -17.8. The van der Waals surface area contributed by atoms with E-state index < -0.39 is 99.2 Å².